The zero-order valence-electron chi connectivity index (χ0n) is 7.94. The van der Waals surface area contributed by atoms with Gasteiger partial charge in [0, 0.05) is 9.77 Å². The maximum atomic E-state index is 5.79. The molecule has 0 aliphatic rings. The molecule has 3 nitrogen and oxygen atoms in total. The van der Waals surface area contributed by atoms with Gasteiger partial charge in [-0.25, -0.2) is 4.98 Å². The lowest BCUT2D eigenvalue weighted by molar-refractivity contribution is 1.31. The van der Waals surface area contributed by atoms with Crippen LogP contribution in [-0.4, -0.2) is 4.98 Å². The van der Waals surface area contributed by atoms with E-state index < -0.39 is 0 Å². The minimum Gasteiger partial charge on any atom is -0.396 e. The van der Waals surface area contributed by atoms with Crippen LogP contribution in [-0.2, 0) is 0 Å². The normalized spacial score (nSPS) is 9.93. The number of nitrogens with one attached hydrogen (secondary N) is 1. The molecular weight excluding hydrogens is 301 g/mol. The van der Waals surface area contributed by atoms with Crippen molar-refractivity contribution in [3.8, 4) is 0 Å². The van der Waals surface area contributed by atoms with Gasteiger partial charge in [-0.15, -0.1) is 0 Å². The standard InChI is InChI=1S/C11H10IN3/c12-8-4-1-2-6-10(8)15-11-9(13)5-3-7-14-11/h1-7H,13H2,(H,14,15). The molecule has 0 saturated carbocycles. The van der Waals surface area contributed by atoms with Crippen molar-refractivity contribution in [1.29, 1.82) is 0 Å². The molecule has 4 heteroatoms. The molecule has 0 amide bonds. The maximum absolute atomic E-state index is 5.79. The molecule has 1 heterocycles. The Morgan fingerprint density at radius 1 is 1.13 bits per heavy atom. The summed E-state index contributed by atoms with van der Waals surface area (Å²) in [6, 6.07) is 11.6. The lowest BCUT2D eigenvalue weighted by Gasteiger charge is -2.08. The number of pyridine rings is 1. The molecule has 2 aromatic rings. The van der Waals surface area contributed by atoms with Crippen molar-refractivity contribution >= 4 is 39.8 Å². The van der Waals surface area contributed by atoms with Crippen LogP contribution in [0.2, 0.25) is 0 Å². The van der Waals surface area contributed by atoms with Crippen LogP contribution in [0.5, 0.6) is 0 Å². The Morgan fingerprint density at radius 2 is 1.93 bits per heavy atom. The van der Waals surface area contributed by atoms with E-state index in [1.54, 1.807) is 6.20 Å². The van der Waals surface area contributed by atoms with Crippen LogP contribution in [0.4, 0.5) is 17.2 Å². The van der Waals surface area contributed by atoms with Crippen LogP contribution < -0.4 is 11.1 Å². The highest BCUT2D eigenvalue weighted by molar-refractivity contribution is 14.1. The first-order chi connectivity index (χ1) is 7.27. The first-order valence-electron chi connectivity index (χ1n) is 4.49. The van der Waals surface area contributed by atoms with Crippen molar-refractivity contribution in [2.24, 2.45) is 0 Å². The number of nitrogen functional groups attached to an aromatic ring is 1. The van der Waals surface area contributed by atoms with Gasteiger partial charge in [-0.05, 0) is 46.9 Å². The number of nitrogens with two attached hydrogens (primary N) is 1. The number of benzene rings is 1. The zero-order chi connectivity index (χ0) is 10.7. The van der Waals surface area contributed by atoms with Gasteiger partial charge in [0.05, 0.1) is 11.4 Å². The van der Waals surface area contributed by atoms with Crippen LogP contribution in [0, 0.1) is 3.57 Å². The number of hydrogen-bond acceptors (Lipinski definition) is 3. The maximum Gasteiger partial charge on any atom is 0.153 e. The fourth-order valence-electron chi connectivity index (χ4n) is 1.21. The summed E-state index contributed by atoms with van der Waals surface area (Å²) in [5.74, 6) is 0.696. The summed E-state index contributed by atoms with van der Waals surface area (Å²) in [7, 11) is 0. The molecule has 0 unspecified atom stereocenters. The predicted octanol–water partition coefficient (Wildman–Crippen LogP) is 3.01. The highest BCUT2D eigenvalue weighted by atomic mass is 127. The van der Waals surface area contributed by atoms with Crippen LogP contribution >= 0.6 is 22.6 Å². The van der Waals surface area contributed by atoms with Gasteiger partial charge in [-0.1, -0.05) is 12.1 Å². The van der Waals surface area contributed by atoms with Gasteiger partial charge in [0.15, 0.2) is 5.82 Å². The van der Waals surface area contributed by atoms with E-state index in [2.05, 4.69) is 32.9 Å². The molecule has 0 aliphatic carbocycles. The number of anilines is 3. The number of nitrogens with zero attached hydrogens (tertiary/aromatic N) is 1. The van der Waals surface area contributed by atoms with E-state index in [0.29, 0.717) is 11.5 Å². The van der Waals surface area contributed by atoms with Crippen LogP contribution in [0.25, 0.3) is 0 Å². The van der Waals surface area contributed by atoms with Gasteiger partial charge in [0.25, 0.3) is 0 Å². The lowest BCUT2D eigenvalue weighted by atomic mass is 10.3. The quantitative estimate of drug-likeness (QED) is 0.838. The van der Waals surface area contributed by atoms with Gasteiger partial charge < -0.3 is 11.1 Å². The number of hydrogen-bond donors (Lipinski definition) is 2. The van der Waals surface area contributed by atoms with E-state index >= 15 is 0 Å². The van der Waals surface area contributed by atoms with E-state index in [1.807, 2.05) is 36.4 Å². The van der Waals surface area contributed by atoms with Crippen molar-refractivity contribution in [2.45, 2.75) is 0 Å². The third-order valence-electron chi connectivity index (χ3n) is 1.97. The summed E-state index contributed by atoms with van der Waals surface area (Å²) >= 11 is 2.27. The Bertz CT molecular complexity index is 427. The van der Waals surface area contributed by atoms with Gasteiger partial charge in [0.2, 0.25) is 0 Å². The van der Waals surface area contributed by atoms with Crippen molar-refractivity contribution in [3.05, 3.63) is 46.2 Å². The molecule has 0 fully saturated rings. The number of rotatable bonds is 2. The highest BCUT2D eigenvalue weighted by Crippen LogP contribution is 2.23. The Balaban J connectivity index is 2.30. The molecule has 0 spiro atoms. The second-order valence-electron chi connectivity index (χ2n) is 3.05. The minimum absolute atomic E-state index is 0.650. The average Bonchev–Trinajstić information content (AvgIpc) is 2.24. The van der Waals surface area contributed by atoms with Gasteiger partial charge in [-0.2, -0.15) is 0 Å². The monoisotopic (exact) mass is 311 g/mol. The number of para-hydroxylation sites is 1. The molecule has 15 heavy (non-hydrogen) atoms. The topological polar surface area (TPSA) is 50.9 Å². The minimum atomic E-state index is 0.650. The SMILES string of the molecule is Nc1cccnc1Nc1ccccc1I. The molecule has 1 aromatic heterocycles. The molecule has 0 aliphatic heterocycles. The Hall–Kier alpha value is -1.30. The molecule has 3 N–H and O–H groups in total. The summed E-state index contributed by atoms with van der Waals surface area (Å²) in [6.45, 7) is 0. The largest absolute Gasteiger partial charge is 0.396 e. The second-order valence-corrected chi connectivity index (χ2v) is 4.21. The average molecular weight is 311 g/mol. The fourth-order valence-corrected chi connectivity index (χ4v) is 1.73. The lowest BCUT2D eigenvalue weighted by Crippen LogP contribution is -1.99. The van der Waals surface area contributed by atoms with E-state index in [-0.39, 0.29) is 0 Å². The summed E-state index contributed by atoms with van der Waals surface area (Å²) in [6.07, 6.45) is 1.72. The predicted molar refractivity (Wildman–Crippen MR) is 71.1 cm³/mol. The van der Waals surface area contributed by atoms with Crippen molar-refractivity contribution < 1.29 is 0 Å². The molecule has 76 valence electrons. The zero-order valence-corrected chi connectivity index (χ0v) is 10.1. The third kappa shape index (κ3) is 2.38. The summed E-state index contributed by atoms with van der Waals surface area (Å²) in [5.41, 5.74) is 7.46. The number of aromatic nitrogens is 1. The Morgan fingerprint density at radius 3 is 2.67 bits per heavy atom. The van der Waals surface area contributed by atoms with Crippen molar-refractivity contribution in [2.75, 3.05) is 11.1 Å². The molecule has 0 radical (unpaired) electrons. The van der Waals surface area contributed by atoms with E-state index in [9.17, 15) is 0 Å². The first-order valence-corrected chi connectivity index (χ1v) is 5.57. The van der Waals surface area contributed by atoms with E-state index in [0.717, 1.165) is 9.26 Å². The molecule has 0 atom stereocenters. The number of halogens is 1. The highest BCUT2D eigenvalue weighted by Gasteiger charge is 2.02. The van der Waals surface area contributed by atoms with Crippen molar-refractivity contribution in [1.82, 2.24) is 4.98 Å². The van der Waals surface area contributed by atoms with Gasteiger partial charge >= 0.3 is 0 Å². The summed E-state index contributed by atoms with van der Waals surface area (Å²) in [5, 5.41) is 3.20. The van der Waals surface area contributed by atoms with E-state index in [1.165, 1.54) is 0 Å². The molecule has 2 rings (SSSR count). The summed E-state index contributed by atoms with van der Waals surface area (Å²) < 4.78 is 1.14. The van der Waals surface area contributed by atoms with Gasteiger partial charge in [-0.3, -0.25) is 0 Å². The van der Waals surface area contributed by atoms with E-state index in [4.69, 9.17) is 5.73 Å². The molecular formula is C11H10IN3. The Labute approximate surface area is 102 Å². The summed E-state index contributed by atoms with van der Waals surface area (Å²) in [4.78, 5) is 4.18. The molecule has 0 saturated heterocycles. The Kier molecular flexibility index (Phi) is 3.05. The smallest absolute Gasteiger partial charge is 0.153 e. The van der Waals surface area contributed by atoms with Crippen molar-refractivity contribution in [3.63, 3.8) is 0 Å². The van der Waals surface area contributed by atoms with Crippen LogP contribution in [0.15, 0.2) is 42.6 Å². The van der Waals surface area contributed by atoms with Gasteiger partial charge in [0.1, 0.15) is 0 Å². The first kappa shape index (κ1) is 10.2. The molecule has 0 bridgehead atoms. The third-order valence-corrected chi connectivity index (χ3v) is 2.91. The fraction of sp³-hybridized carbons (Fsp3) is 0. The van der Waals surface area contributed by atoms with Crippen LogP contribution in [0.1, 0.15) is 0 Å². The molecule has 1 aromatic carbocycles. The second kappa shape index (κ2) is 4.48. The van der Waals surface area contributed by atoms with Crippen LogP contribution in [0.3, 0.4) is 0 Å².